The lowest BCUT2D eigenvalue weighted by atomic mass is 10.2. The van der Waals surface area contributed by atoms with Gasteiger partial charge in [-0.2, -0.15) is 0 Å². The van der Waals surface area contributed by atoms with Crippen molar-refractivity contribution < 1.29 is 18.7 Å². The summed E-state index contributed by atoms with van der Waals surface area (Å²) in [6.07, 6.45) is 2.88. The lowest BCUT2D eigenvalue weighted by Crippen LogP contribution is -2.18. The van der Waals surface area contributed by atoms with Crippen LogP contribution in [-0.4, -0.2) is 33.0 Å². The molecule has 0 aliphatic carbocycles. The Balaban J connectivity index is 1.92. The summed E-state index contributed by atoms with van der Waals surface area (Å²) >= 11 is 3.21. The van der Waals surface area contributed by atoms with Gasteiger partial charge < -0.3 is 19.0 Å². The van der Waals surface area contributed by atoms with Crippen molar-refractivity contribution in [3.63, 3.8) is 0 Å². The lowest BCUT2D eigenvalue weighted by Gasteiger charge is -2.12. The number of carbonyl (C=O) groups excluding carboxylic acids is 2. The number of rotatable bonds is 8. The number of nitrogens with zero attached hydrogens (tertiary/aromatic N) is 3. The van der Waals surface area contributed by atoms with E-state index in [4.69, 9.17) is 19.1 Å². The molecule has 3 heterocycles. The van der Waals surface area contributed by atoms with E-state index in [0.29, 0.717) is 39.2 Å². The molecular weight excluding hydrogens is 476 g/mol. The smallest absolute Gasteiger partial charge is 0.344 e. The number of halogens is 1. The van der Waals surface area contributed by atoms with Crippen LogP contribution in [0.3, 0.4) is 0 Å². The number of ether oxygens (including phenoxy) is 1. The van der Waals surface area contributed by atoms with E-state index in [1.165, 1.54) is 0 Å². The third-order valence-electron chi connectivity index (χ3n) is 5.05. The van der Waals surface area contributed by atoms with Crippen LogP contribution in [0, 0.1) is 0 Å². The maximum Gasteiger partial charge on any atom is 0.344 e. The number of benzene rings is 1. The third kappa shape index (κ3) is 4.25. The summed E-state index contributed by atoms with van der Waals surface area (Å²) in [7, 11) is 0. The van der Waals surface area contributed by atoms with Crippen molar-refractivity contribution in [1.29, 1.82) is 0 Å². The van der Waals surface area contributed by atoms with Gasteiger partial charge >= 0.3 is 5.97 Å². The SMILES string of the molecule is CCCCCn1c(NC(=O)c2ccc(Br)o2)c(C(=O)OCC)c2nc3ccccc3nc21. The minimum atomic E-state index is -0.563. The Morgan fingerprint density at radius 3 is 2.50 bits per heavy atom. The van der Waals surface area contributed by atoms with Crippen LogP contribution in [0.5, 0.6) is 0 Å². The summed E-state index contributed by atoms with van der Waals surface area (Å²) in [5.41, 5.74) is 2.48. The average Bonchev–Trinajstić information content (AvgIpc) is 3.34. The van der Waals surface area contributed by atoms with Gasteiger partial charge in [-0.05, 0) is 53.5 Å². The van der Waals surface area contributed by atoms with Crippen molar-refractivity contribution in [2.24, 2.45) is 0 Å². The normalized spacial score (nSPS) is 11.2. The number of esters is 1. The molecule has 0 bridgehead atoms. The number of furan rings is 1. The van der Waals surface area contributed by atoms with E-state index in [1.54, 1.807) is 19.1 Å². The summed E-state index contributed by atoms with van der Waals surface area (Å²) in [5, 5.41) is 2.85. The van der Waals surface area contributed by atoms with E-state index < -0.39 is 11.9 Å². The second-order valence-electron chi connectivity index (χ2n) is 7.25. The van der Waals surface area contributed by atoms with Gasteiger partial charge in [-0.15, -0.1) is 0 Å². The van der Waals surface area contributed by atoms with Crippen molar-refractivity contribution in [2.75, 3.05) is 11.9 Å². The van der Waals surface area contributed by atoms with Crippen molar-refractivity contribution >= 4 is 55.8 Å². The number of hydrogen-bond acceptors (Lipinski definition) is 6. The molecule has 0 spiro atoms. The van der Waals surface area contributed by atoms with Gasteiger partial charge in [-0.3, -0.25) is 4.79 Å². The number of hydrogen-bond donors (Lipinski definition) is 1. The molecule has 0 aliphatic rings. The summed E-state index contributed by atoms with van der Waals surface area (Å²) in [5.74, 6) is -0.622. The molecule has 166 valence electrons. The highest BCUT2D eigenvalue weighted by Gasteiger charge is 2.28. The Labute approximate surface area is 193 Å². The second kappa shape index (κ2) is 9.52. The summed E-state index contributed by atoms with van der Waals surface area (Å²) in [6, 6.07) is 10.6. The molecule has 0 aliphatic heterocycles. The van der Waals surface area contributed by atoms with Crippen molar-refractivity contribution in [3.05, 3.63) is 52.4 Å². The fourth-order valence-electron chi connectivity index (χ4n) is 3.57. The molecule has 0 atom stereocenters. The van der Waals surface area contributed by atoms with Crippen molar-refractivity contribution in [3.8, 4) is 0 Å². The zero-order valence-corrected chi connectivity index (χ0v) is 19.4. The average molecular weight is 499 g/mol. The monoisotopic (exact) mass is 498 g/mol. The molecule has 32 heavy (non-hydrogen) atoms. The Bertz CT molecular complexity index is 1290. The van der Waals surface area contributed by atoms with Crippen LogP contribution in [0.4, 0.5) is 5.82 Å². The first-order chi connectivity index (χ1) is 15.5. The fraction of sp³-hybridized carbons (Fsp3) is 0.304. The molecule has 4 aromatic rings. The first kappa shape index (κ1) is 22.0. The van der Waals surface area contributed by atoms with Gasteiger partial charge in [0.15, 0.2) is 16.1 Å². The van der Waals surface area contributed by atoms with E-state index in [2.05, 4.69) is 28.2 Å². The van der Waals surface area contributed by atoms with Crippen LogP contribution < -0.4 is 5.32 Å². The quantitative estimate of drug-likeness (QED) is 0.252. The van der Waals surface area contributed by atoms with Crippen LogP contribution in [-0.2, 0) is 11.3 Å². The number of unbranched alkanes of at least 4 members (excludes halogenated alkanes) is 2. The Morgan fingerprint density at radius 2 is 1.84 bits per heavy atom. The van der Waals surface area contributed by atoms with E-state index in [0.717, 1.165) is 19.3 Å². The summed E-state index contributed by atoms with van der Waals surface area (Å²) in [6.45, 7) is 4.61. The molecule has 0 unspecified atom stereocenters. The third-order valence-corrected chi connectivity index (χ3v) is 5.47. The molecule has 4 rings (SSSR count). The zero-order chi connectivity index (χ0) is 22.7. The predicted octanol–water partition coefficient (Wildman–Crippen LogP) is 5.56. The molecule has 0 fully saturated rings. The number of aromatic nitrogens is 3. The first-order valence-electron chi connectivity index (χ1n) is 10.6. The highest BCUT2D eigenvalue weighted by Crippen LogP contribution is 2.32. The molecule has 1 N–H and O–H groups in total. The van der Waals surface area contributed by atoms with Crippen molar-refractivity contribution in [2.45, 2.75) is 39.7 Å². The molecule has 0 radical (unpaired) electrons. The fourth-order valence-corrected chi connectivity index (χ4v) is 3.88. The van der Waals surface area contributed by atoms with E-state index >= 15 is 0 Å². The second-order valence-corrected chi connectivity index (χ2v) is 8.03. The number of para-hydroxylation sites is 2. The van der Waals surface area contributed by atoms with E-state index in [-0.39, 0.29) is 17.9 Å². The van der Waals surface area contributed by atoms with Crippen LogP contribution in [0.15, 0.2) is 45.5 Å². The number of aryl methyl sites for hydroxylation is 1. The van der Waals surface area contributed by atoms with Gasteiger partial charge in [-0.1, -0.05) is 31.9 Å². The van der Waals surface area contributed by atoms with Gasteiger partial charge in [0.1, 0.15) is 16.9 Å². The van der Waals surface area contributed by atoms with Gasteiger partial charge in [0.25, 0.3) is 5.91 Å². The molecule has 1 amide bonds. The van der Waals surface area contributed by atoms with Gasteiger partial charge in [-0.25, -0.2) is 14.8 Å². The van der Waals surface area contributed by atoms with Gasteiger partial charge in [0.05, 0.1) is 17.6 Å². The number of fused-ring (bicyclic) bond motifs is 2. The lowest BCUT2D eigenvalue weighted by molar-refractivity contribution is 0.0529. The van der Waals surface area contributed by atoms with Crippen LogP contribution in [0.25, 0.3) is 22.2 Å². The molecular formula is C23H23BrN4O4. The van der Waals surface area contributed by atoms with Crippen LogP contribution in [0.2, 0.25) is 0 Å². The van der Waals surface area contributed by atoms with Gasteiger partial charge in [0, 0.05) is 6.54 Å². The molecule has 1 aromatic carbocycles. The minimum absolute atomic E-state index is 0.114. The number of nitrogens with one attached hydrogen (secondary N) is 1. The Kier molecular flexibility index (Phi) is 6.55. The van der Waals surface area contributed by atoms with E-state index in [1.807, 2.05) is 28.8 Å². The number of carbonyl (C=O) groups is 2. The number of anilines is 1. The largest absolute Gasteiger partial charge is 0.462 e. The first-order valence-corrected chi connectivity index (χ1v) is 11.4. The maximum atomic E-state index is 13.0. The maximum absolute atomic E-state index is 13.0. The summed E-state index contributed by atoms with van der Waals surface area (Å²) < 4.78 is 13.0. The summed E-state index contributed by atoms with van der Waals surface area (Å²) in [4.78, 5) is 35.4. The van der Waals surface area contributed by atoms with Crippen molar-refractivity contribution in [1.82, 2.24) is 14.5 Å². The molecule has 0 saturated heterocycles. The molecule has 8 nitrogen and oxygen atoms in total. The topological polar surface area (TPSA) is 99.3 Å². The highest BCUT2D eigenvalue weighted by molar-refractivity contribution is 9.10. The number of amides is 1. The minimum Gasteiger partial charge on any atom is -0.462 e. The highest BCUT2D eigenvalue weighted by atomic mass is 79.9. The standard InChI is InChI=1S/C23H23BrN4O4/c1-3-5-8-13-28-20(27-22(29)16-11-12-17(24)32-16)18(23(30)31-4-2)19-21(28)26-15-10-7-6-9-14(15)25-19/h6-7,9-12H,3-5,8,13H2,1-2H3,(H,27,29). The molecule has 9 heteroatoms. The predicted molar refractivity (Wildman–Crippen MR) is 125 cm³/mol. The van der Waals surface area contributed by atoms with Crippen LogP contribution >= 0.6 is 15.9 Å². The van der Waals surface area contributed by atoms with E-state index in [9.17, 15) is 9.59 Å². The Hall–Kier alpha value is -3.20. The molecule has 3 aromatic heterocycles. The van der Waals surface area contributed by atoms with Gasteiger partial charge in [0.2, 0.25) is 0 Å². The van der Waals surface area contributed by atoms with Crippen LogP contribution in [0.1, 0.15) is 54.0 Å². The Morgan fingerprint density at radius 1 is 1.09 bits per heavy atom. The zero-order valence-electron chi connectivity index (χ0n) is 17.9. The molecule has 0 saturated carbocycles.